The van der Waals surface area contributed by atoms with Crippen LogP contribution in [-0.4, -0.2) is 69.0 Å². The number of nitrogens with one attached hydrogen (secondary N) is 2. The van der Waals surface area contributed by atoms with Gasteiger partial charge in [0.1, 0.15) is 6.04 Å². The van der Waals surface area contributed by atoms with Crippen molar-refractivity contribution < 1.29 is 19.5 Å². The van der Waals surface area contributed by atoms with Gasteiger partial charge in [-0.05, 0) is 37.5 Å². The van der Waals surface area contributed by atoms with Gasteiger partial charge in [0.15, 0.2) is 0 Å². The van der Waals surface area contributed by atoms with Gasteiger partial charge in [0.2, 0.25) is 17.7 Å². The first-order valence-corrected chi connectivity index (χ1v) is 14.4. The highest BCUT2D eigenvalue weighted by atomic mass is 32.2. The van der Waals surface area contributed by atoms with E-state index in [4.69, 9.17) is 0 Å². The zero-order chi connectivity index (χ0) is 24.6. The van der Waals surface area contributed by atoms with Crippen LogP contribution < -0.4 is 10.6 Å². The topological polar surface area (TPSA) is 98.7 Å². The monoisotopic (exact) mass is 493 g/mol. The van der Waals surface area contributed by atoms with Gasteiger partial charge in [-0.1, -0.05) is 53.4 Å². The normalized spacial score (nSPS) is 36.9. The Labute approximate surface area is 208 Å². The zero-order valence-electron chi connectivity index (χ0n) is 21.2. The van der Waals surface area contributed by atoms with Gasteiger partial charge in [0, 0.05) is 17.8 Å². The molecule has 8 heteroatoms. The predicted octanol–water partition coefficient (Wildman–Crippen LogP) is 2.71. The summed E-state index contributed by atoms with van der Waals surface area (Å²) in [4.78, 5) is 43.2. The van der Waals surface area contributed by atoms with E-state index >= 15 is 0 Å². The van der Waals surface area contributed by atoms with Crippen molar-refractivity contribution in [2.75, 3.05) is 13.2 Å². The van der Waals surface area contributed by atoms with E-state index in [0.29, 0.717) is 6.54 Å². The van der Waals surface area contributed by atoms with Gasteiger partial charge < -0.3 is 20.6 Å². The molecule has 1 saturated carbocycles. The number of fused-ring (bicyclic) bond motifs is 1. The highest BCUT2D eigenvalue weighted by molar-refractivity contribution is 8.02. The average Bonchev–Trinajstić information content (AvgIpc) is 3.42. The highest BCUT2D eigenvalue weighted by Gasteiger charge is 2.76. The molecule has 192 valence electrons. The Kier molecular flexibility index (Phi) is 7.87. The van der Waals surface area contributed by atoms with Crippen molar-refractivity contribution in [1.29, 1.82) is 0 Å². The quantitative estimate of drug-likeness (QED) is 0.459. The molecule has 34 heavy (non-hydrogen) atoms. The Morgan fingerprint density at radius 1 is 1.21 bits per heavy atom. The molecule has 3 saturated heterocycles. The third-order valence-electron chi connectivity index (χ3n) is 9.08. The van der Waals surface area contributed by atoms with E-state index in [2.05, 4.69) is 17.6 Å². The van der Waals surface area contributed by atoms with Crippen molar-refractivity contribution in [1.82, 2.24) is 15.5 Å². The van der Waals surface area contributed by atoms with E-state index in [1.807, 2.05) is 20.8 Å². The van der Waals surface area contributed by atoms with Crippen molar-refractivity contribution in [3.05, 3.63) is 0 Å². The molecule has 0 aromatic rings. The van der Waals surface area contributed by atoms with Crippen LogP contribution >= 0.6 is 11.8 Å². The van der Waals surface area contributed by atoms with Crippen LogP contribution in [0.4, 0.5) is 0 Å². The molecule has 3 aliphatic heterocycles. The standard InChI is InChI=1S/C26H43N3O4S/c1-5-12-27-23(31)20-19-13-16(4)26(34-19)21(20)25(33)29(18(14-30)15(3)6-2)22(26)24(32)28-17-10-8-7-9-11-17/h15-22,30H,5-14H2,1-4H3,(H,27,31)(H,28,32)/t15-,16?,18-,19+,20-,21-,22?,26?/m0/s1. The zero-order valence-corrected chi connectivity index (χ0v) is 22.0. The van der Waals surface area contributed by atoms with Gasteiger partial charge in [-0.15, -0.1) is 11.8 Å². The molecular weight excluding hydrogens is 450 g/mol. The lowest BCUT2D eigenvalue weighted by atomic mass is 9.65. The number of likely N-dealkylation sites (tertiary alicyclic amines) is 1. The summed E-state index contributed by atoms with van der Waals surface area (Å²) in [5.74, 6) is -0.965. The summed E-state index contributed by atoms with van der Waals surface area (Å²) in [5, 5.41) is 16.8. The third-order valence-corrected chi connectivity index (χ3v) is 11.2. The SMILES string of the molecule is CCCNC(=O)[C@@H]1[C@H]2C(=O)N([C@@H](CO)[C@@H](C)CC)C(C(=O)NC3CCCCC3)C23S[C@@H]1CC3C. The second kappa shape index (κ2) is 10.4. The minimum Gasteiger partial charge on any atom is -0.394 e. The summed E-state index contributed by atoms with van der Waals surface area (Å²) in [7, 11) is 0. The molecule has 2 bridgehead atoms. The minimum atomic E-state index is -0.646. The second-order valence-corrected chi connectivity index (χ2v) is 12.6. The van der Waals surface area contributed by atoms with Crippen LogP contribution in [0.2, 0.25) is 0 Å². The van der Waals surface area contributed by atoms with E-state index in [0.717, 1.165) is 44.9 Å². The van der Waals surface area contributed by atoms with E-state index in [1.54, 1.807) is 16.7 Å². The summed E-state index contributed by atoms with van der Waals surface area (Å²) >= 11 is 1.71. The number of aliphatic hydroxyl groups excluding tert-OH is 1. The van der Waals surface area contributed by atoms with Gasteiger partial charge in [-0.3, -0.25) is 14.4 Å². The number of carbonyl (C=O) groups excluding carboxylic acids is 3. The van der Waals surface area contributed by atoms with Crippen LogP contribution in [0.5, 0.6) is 0 Å². The molecule has 0 aromatic carbocycles. The van der Waals surface area contributed by atoms with Gasteiger partial charge in [0.05, 0.1) is 29.2 Å². The van der Waals surface area contributed by atoms with Crippen LogP contribution in [0, 0.1) is 23.7 Å². The van der Waals surface area contributed by atoms with Gasteiger partial charge in [0.25, 0.3) is 0 Å². The predicted molar refractivity (Wildman–Crippen MR) is 134 cm³/mol. The van der Waals surface area contributed by atoms with E-state index in [-0.39, 0.29) is 47.5 Å². The van der Waals surface area contributed by atoms with Crippen molar-refractivity contribution in [3.63, 3.8) is 0 Å². The Morgan fingerprint density at radius 2 is 1.91 bits per heavy atom. The fraction of sp³-hybridized carbons (Fsp3) is 0.885. The summed E-state index contributed by atoms with van der Waals surface area (Å²) < 4.78 is -0.615. The number of amides is 3. The molecule has 3 amide bonds. The molecule has 3 heterocycles. The van der Waals surface area contributed by atoms with Gasteiger partial charge in [-0.2, -0.15) is 0 Å². The van der Waals surface area contributed by atoms with Gasteiger partial charge >= 0.3 is 0 Å². The molecule has 3 unspecified atom stereocenters. The Morgan fingerprint density at radius 3 is 2.53 bits per heavy atom. The summed E-state index contributed by atoms with van der Waals surface area (Å²) in [6.45, 7) is 8.67. The Balaban J connectivity index is 1.73. The maximum absolute atomic E-state index is 14.2. The largest absolute Gasteiger partial charge is 0.394 e. The molecule has 0 radical (unpaired) electrons. The fourth-order valence-corrected chi connectivity index (χ4v) is 9.53. The molecule has 1 spiro atoms. The lowest BCUT2D eigenvalue weighted by Gasteiger charge is -2.42. The molecule has 7 nitrogen and oxygen atoms in total. The number of hydrogen-bond donors (Lipinski definition) is 3. The molecule has 3 N–H and O–H groups in total. The smallest absolute Gasteiger partial charge is 0.244 e. The molecule has 0 aromatic heterocycles. The maximum Gasteiger partial charge on any atom is 0.244 e. The van der Waals surface area contributed by atoms with Gasteiger partial charge in [-0.25, -0.2) is 0 Å². The summed E-state index contributed by atoms with van der Waals surface area (Å²) in [6, 6.07) is -0.926. The van der Waals surface area contributed by atoms with E-state index in [9.17, 15) is 19.5 Å². The molecule has 4 fully saturated rings. The van der Waals surface area contributed by atoms with E-state index < -0.39 is 28.7 Å². The van der Waals surface area contributed by atoms with Crippen LogP contribution in [0.3, 0.4) is 0 Å². The van der Waals surface area contributed by atoms with Crippen LogP contribution in [0.15, 0.2) is 0 Å². The molecular formula is C26H43N3O4S. The van der Waals surface area contributed by atoms with Crippen LogP contribution in [-0.2, 0) is 14.4 Å². The summed E-state index contributed by atoms with van der Waals surface area (Å²) in [5.41, 5.74) is 0. The summed E-state index contributed by atoms with van der Waals surface area (Å²) in [6.07, 6.45) is 7.88. The fourth-order valence-electron chi connectivity index (χ4n) is 7.12. The number of aliphatic hydroxyl groups is 1. The van der Waals surface area contributed by atoms with Crippen LogP contribution in [0.25, 0.3) is 0 Å². The first kappa shape index (κ1) is 25.8. The number of nitrogens with zero attached hydrogens (tertiary/aromatic N) is 1. The lowest BCUT2D eigenvalue weighted by molar-refractivity contribution is -0.144. The first-order valence-electron chi connectivity index (χ1n) is 13.5. The maximum atomic E-state index is 14.2. The number of rotatable bonds is 9. The number of thioether (sulfide) groups is 1. The second-order valence-electron chi connectivity index (χ2n) is 11.1. The first-order chi connectivity index (χ1) is 16.3. The van der Waals surface area contributed by atoms with Crippen LogP contribution in [0.1, 0.15) is 79.1 Å². The van der Waals surface area contributed by atoms with Crippen molar-refractivity contribution in [2.45, 2.75) is 107 Å². The minimum absolute atomic E-state index is 0.0520. The third kappa shape index (κ3) is 4.06. The van der Waals surface area contributed by atoms with Crippen molar-refractivity contribution in [3.8, 4) is 0 Å². The molecule has 1 aliphatic carbocycles. The Bertz CT molecular complexity index is 788. The molecule has 4 aliphatic rings. The Hall–Kier alpha value is -1.28. The van der Waals surface area contributed by atoms with Crippen molar-refractivity contribution >= 4 is 29.5 Å². The highest BCUT2D eigenvalue weighted by Crippen LogP contribution is 2.68. The lowest BCUT2D eigenvalue weighted by Crippen LogP contribution is -2.60. The molecule has 4 rings (SSSR count). The number of hydrogen-bond acceptors (Lipinski definition) is 5. The average molecular weight is 494 g/mol. The molecule has 8 atom stereocenters. The van der Waals surface area contributed by atoms with Crippen molar-refractivity contribution in [2.24, 2.45) is 23.7 Å². The van der Waals surface area contributed by atoms with E-state index in [1.165, 1.54) is 6.42 Å². The number of carbonyl (C=O) groups is 3.